The quantitative estimate of drug-likeness (QED) is 0.558. The third-order valence-electron chi connectivity index (χ3n) is 3.10. The van der Waals surface area contributed by atoms with Gasteiger partial charge in [-0.3, -0.25) is 4.98 Å². The van der Waals surface area contributed by atoms with Gasteiger partial charge >= 0.3 is 0 Å². The average molecular weight is 295 g/mol. The number of hydrogen-bond acceptors (Lipinski definition) is 4. The van der Waals surface area contributed by atoms with Crippen molar-refractivity contribution < 1.29 is 0 Å². The molecule has 2 aromatic carbocycles. The van der Waals surface area contributed by atoms with Gasteiger partial charge in [-0.2, -0.15) is 0 Å². The molecule has 1 N–H and O–H groups in total. The highest BCUT2D eigenvalue weighted by molar-refractivity contribution is 7.99. The third-order valence-corrected chi connectivity index (χ3v) is 4.11. The van der Waals surface area contributed by atoms with Gasteiger partial charge in [-0.05, 0) is 24.3 Å². The van der Waals surface area contributed by atoms with E-state index < -0.39 is 0 Å². The molecule has 21 heavy (non-hydrogen) atoms. The highest BCUT2D eigenvalue weighted by Gasteiger charge is 1.99. The molecule has 0 saturated heterocycles. The average Bonchev–Trinajstić information content (AvgIpc) is 2.55. The number of para-hydroxylation sites is 2. The number of aromatic nitrogens is 2. The van der Waals surface area contributed by atoms with E-state index in [9.17, 15) is 0 Å². The monoisotopic (exact) mass is 295 g/mol. The largest absolute Gasteiger partial charge is 0.310 e. The van der Waals surface area contributed by atoms with E-state index in [1.165, 1.54) is 4.90 Å². The van der Waals surface area contributed by atoms with Crippen molar-refractivity contribution >= 4 is 22.8 Å². The van der Waals surface area contributed by atoms with Crippen molar-refractivity contribution in [2.75, 3.05) is 12.3 Å². The second kappa shape index (κ2) is 7.20. The van der Waals surface area contributed by atoms with E-state index in [2.05, 4.69) is 39.6 Å². The van der Waals surface area contributed by atoms with Gasteiger partial charge in [0.25, 0.3) is 0 Å². The van der Waals surface area contributed by atoms with Crippen LogP contribution in [0.4, 0.5) is 0 Å². The number of nitrogens with one attached hydrogen (secondary N) is 1. The maximum absolute atomic E-state index is 4.60. The van der Waals surface area contributed by atoms with Crippen LogP contribution in [-0.4, -0.2) is 22.3 Å². The lowest BCUT2D eigenvalue weighted by Gasteiger charge is -2.05. The molecule has 4 heteroatoms. The number of thioether (sulfide) groups is 1. The van der Waals surface area contributed by atoms with Crippen LogP contribution in [0.3, 0.4) is 0 Å². The maximum atomic E-state index is 4.60. The first-order valence-electron chi connectivity index (χ1n) is 7.01. The molecule has 0 fully saturated rings. The Morgan fingerprint density at radius 2 is 1.67 bits per heavy atom. The van der Waals surface area contributed by atoms with Gasteiger partial charge in [-0.1, -0.05) is 30.3 Å². The molecule has 0 aliphatic rings. The molecule has 0 aliphatic carbocycles. The Morgan fingerprint density at radius 1 is 0.905 bits per heavy atom. The van der Waals surface area contributed by atoms with Crippen molar-refractivity contribution in [2.45, 2.75) is 11.4 Å². The third kappa shape index (κ3) is 4.03. The lowest BCUT2D eigenvalue weighted by molar-refractivity contribution is 0.715. The van der Waals surface area contributed by atoms with Crippen LogP contribution in [0.25, 0.3) is 11.0 Å². The van der Waals surface area contributed by atoms with Crippen LogP contribution in [0.1, 0.15) is 5.69 Å². The lowest BCUT2D eigenvalue weighted by atomic mass is 10.3. The molecule has 3 aromatic rings. The molecule has 1 heterocycles. The first-order valence-corrected chi connectivity index (χ1v) is 7.99. The summed E-state index contributed by atoms with van der Waals surface area (Å²) in [6.07, 6.45) is 1.85. The van der Waals surface area contributed by atoms with Gasteiger partial charge in [-0.15, -0.1) is 11.8 Å². The Kier molecular flexibility index (Phi) is 4.82. The van der Waals surface area contributed by atoms with Crippen molar-refractivity contribution in [1.82, 2.24) is 15.3 Å². The number of fused-ring (bicyclic) bond motifs is 1. The summed E-state index contributed by atoms with van der Waals surface area (Å²) < 4.78 is 0. The molecule has 0 spiro atoms. The zero-order valence-corrected chi connectivity index (χ0v) is 12.5. The van der Waals surface area contributed by atoms with Crippen LogP contribution in [0.5, 0.6) is 0 Å². The summed E-state index contributed by atoms with van der Waals surface area (Å²) in [6.45, 7) is 1.71. The van der Waals surface area contributed by atoms with E-state index in [0.717, 1.165) is 35.6 Å². The van der Waals surface area contributed by atoms with E-state index in [4.69, 9.17) is 0 Å². The topological polar surface area (TPSA) is 37.8 Å². The van der Waals surface area contributed by atoms with Crippen molar-refractivity contribution in [2.24, 2.45) is 0 Å². The van der Waals surface area contributed by atoms with Gasteiger partial charge in [-0.25, -0.2) is 4.98 Å². The molecule has 3 rings (SSSR count). The van der Waals surface area contributed by atoms with E-state index in [1.807, 2.05) is 48.3 Å². The van der Waals surface area contributed by atoms with E-state index >= 15 is 0 Å². The van der Waals surface area contributed by atoms with Gasteiger partial charge in [0.05, 0.1) is 22.9 Å². The molecule has 0 saturated carbocycles. The first kappa shape index (κ1) is 14.0. The summed E-state index contributed by atoms with van der Waals surface area (Å²) in [5.41, 5.74) is 2.88. The van der Waals surface area contributed by atoms with Gasteiger partial charge < -0.3 is 5.32 Å². The molecule has 1 aromatic heterocycles. The van der Waals surface area contributed by atoms with Gasteiger partial charge in [0.1, 0.15) is 0 Å². The number of nitrogens with zero attached hydrogens (tertiary/aromatic N) is 2. The van der Waals surface area contributed by atoms with Crippen molar-refractivity contribution in [3.8, 4) is 0 Å². The fourth-order valence-corrected chi connectivity index (χ4v) is 2.89. The predicted octanol–water partition coefficient (Wildman–Crippen LogP) is 3.51. The normalized spacial score (nSPS) is 10.9. The molecular formula is C17H17N3S. The number of benzene rings is 2. The van der Waals surface area contributed by atoms with Crippen molar-refractivity contribution in [3.05, 3.63) is 66.5 Å². The minimum absolute atomic E-state index is 0.757. The molecular weight excluding hydrogens is 278 g/mol. The summed E-state index contributed by atoms with van der Waals surface area (Å²) in [4.78, 5) is 10.3. The lowest BCUT2D eigenvalue weighted by Crippen LogP contribution is -2.17. The van der Waals surface area contributed by atoms with Crippen LogP contribution in [0, 0.1) is 0 Å². The molecule has 0 bridgehead atoms. The SMILES string of the molecule is c1ccc(SCCNCc2cnc3ccccc3n2)cc1. The summed E-state index contributed by atoms with van der Waals surface area (Å²) in [6, 6.07) is 18.4. The minimum atomic E-state index is 0.757. The highest BCUT2D eigenvalue weighted by Crippen LogP contribution is 2.15. The van der Waals surface area contributed by atoms with Gasteiger partial charge in [0.15, 0.2) is 0 Å². The fourth-order valence-electron chi connectivity index (χ4n) is 2.05. The van der Waals surface area contributed by atoms with Crippen LogP contribution in [0.15, 0.2) is 65.7 Å². The molecule has 3 nitrogen and oxygen atoms in total. The van der Waals surface area contributed by atoms with Crippen LogP contribution >= 0.6 is 11.8 Å². The first-order chi connectivity index (χ1) is 10.4. The fraction of sp³-hybridized carbons (Fsp3) is 0.176. The summed E-state index contributed by atoms with van der Waals surface area (Å²) >= 11 is 1.86. The predicted molar refractivity (Wildman–Crippen MR) is 88.4 cm³/mol. The van der Waals surface area contributed by atoms with Crippen molar-refractivity contribution in [3.63, 3.8) is 0 Å². The molecule has 0 radical (unpaired) electrons. The highest BCUT2D eigenvalue weighted by atomic mass is 32.2. The molecule has 0 atom stereocenters. The van der Waals surface area contributed by atoms with E-state index in [-0.39, 0.29) is 0 Å². The summed E-state index contributed by atoms with van der Waals surface area (Å²) in [5, 5.41) is 3.41. The number of rotatable bonds is 6. The number of hydrogen-bond donors (Lipinski definition) is 1. The minimum Gasteiger partial charge on any atom is -0.310 e. The van der Waals surface area contributed by atoms with E-state index in [1.54, 1.807) is 0 Å². The van der Waals surface area contributed by atoms with Crippen molar-refractivity contribution in [1.29, 1.82) is 0 Å². The van der Waals surface area contributed by atoms with E-state index in [0.29, 0.717) is 0 Å². The van der Waals surface area contributed by atoms with Crippen LogP contribution in [-0.2, 0) is 6.54 Å². The van der Waals surface area contributed by atoms with Crippen LogP contribution in [0.2, 0.25) is 0 Å². The summed E-state index contributed by atoms with van der Waals surface area (Å²) in [5.74, 6) is 1.05. The molecule has 0 amide bonds. The van der Waals surface area contributed by atoms with Crippen LogP contribution < -0.4 is 5.32 Å². The van der Waals surface area contributed by atoms with Gasteiger partial charge in [0.2, 0.25) is 0 Å². The molecule has 0 unspecified atom stereocenters. The second-order valence-corrected chi connectivity index (χ2v) is 5.86. The van der Waals surface area contributed by atoms with Gasteiger partial charge in [0, 0.05) is 23.7 Å². The molecule has 106 valence electrons. The Bertz CT molecular complexity index is 700. The zero-order chi connectivity index (χ0) is 14.3. The Hall–Kier alpha value is -1.91. The Morgan fingerprint density at radius 3 is 2.52 bits per heavy atom. The smallest absolute Gasteiger partial charge is 0.0890 e. The maximum Gasteiger partial charge on any atom is 0.0890 e. The summed E-state index contributed by atoms with van der Waals surface area (Å²) in [7, 11) is 0. The molecule has 0 aliphatic heterocycles. The Balaban J connectivity index is 1.46. The second-order valence-electron chi connectivity index (χ2n) is 4.69. The Labute approximate surface area is 128 Å². The standard InChI is InChI=1S/C17H17N3S/c1-2-6-15(7-3-1)21-11-10-18-12-14-13-19-16-8-4-5-9-17(16)20-14/h1-9,13,18H,10-12H2. The zero-order valence-electron chi connectivity index (χ0n) is 11.7.